The van der Waals surface area contributed by atoms with Crippen LogP contribution in [0.5, 0.6) is 0 Å². The topological polar surface area (TPSA) is 20.3 Å². The van der Waals surface area contributed by atoms with Gasteiger partial charge >= 0.3 is 12.1 Å². The van der Waals surface area contributed by atoms with Gasteiger partial charge in [0.2, 0.25) is 0 Å². The second kappa shape index (κ2) is 4.91. The summed E-state index contributed by atoms with van der Waals surface area (Å²) in [7, 11) is 1.15. The zero-order chi connectivity index (χ0) is 14.0. The maximum atomic E-state index is 12.3. The fourth-order valence-corrected chi connectivity index (χ4v) is 1.97. The van der Waals surface area contributed by atoms with E-state index in [-0.39, 0.29) is 6.54 Å². The third kappa shape index (κ3) is 2.86. The molecule has 2 aromatic carbocycles. The van der Waals surface area contributed by atoms with E-state index < -0.39 is 12.1 Å². The molecule has 0 bridgehead atoms. The zero-order valence-corrected chi connectivity index (χ0v) is 10.2. The molecular weight excluding hydrogens is 255 g/mol. The molecule has 0 N–H and O–H groups in total. The lowest BCUT2D eigenvalue weighted by molar-refractivity contribution is -0.184. The Hall–Kier alpha value is -2.04. The van der Waals surface area contributed by atoms with Gasteiger partial charge in [-0.3, -0.25) is 4.79 Å². The molecule has 2 rings (SSSR count). The first kappa shape index (κ1) is 13.4. The number of hydrogen-bond donors (Lipinski definition) is 0. The lowest BCUT2D eigenvalue weighted by Gasteiger charge is -2.19. The van der Waals surface area contributed by atoms with Crippen molar-refractivity contribution in [2.24, 2.45) is 0 Å². The minimum atomic E-state index is -4.83. The van der Waals surface area contributed by atoms with E-state index >= 15 is 0 Å². The molecule has 0 saturated carbocycles. The second-order valence-corrected chi connectivity index (χ2v) is 4.30. The van der Waals surface area contributed by atoms with E-state index in [9.17, 15) is 18.0 Å². The highest BCUT2D eigenvalue weighted by atomic mass is 19.4. The number of amides is 1. The Bertz CT molecular complexity index is 602. The predicted molar refractivity (Wildman–Crippen MR) is 66.5 cm³/mol. The van der Waals surface area contributed by atoms with Crippen molar-refractivity contribution in [3.05, 3.63) is 48.0 Å². The molecule has 19 heavy (non-hydrogen) atoms. The smallest absolute Gasteiger partial charge is 0.334 e. The molecule has 0 heterocycles. The summed E-state index contributed by atoms with van der Waals surface area (Å²) in [5.74, 6) is -1.83. The van der Waals surface area contributed by atoms with Gasteiger partial charge in [-0.15, -0.1) is 0 Å². The van der Waals surface area contributed by atoms with Crippen LogP contribution in [0.4, 0.5) is 13.2 Å². The van der Waals surface area contributed by atoms with Crippen LogP contribution >= 0.6 is 0 Å². The van der Waals surface area contributed by atoms with Crippen molar-refractivity contribution in [1.82, 2.24) is 4.90 Å². The van der Waals surface area contributed by atoms with Crippen LogP contribution in [0, 0.1) is 0 Å². The number of halogens is 3. The van der Waals surface area contributed by atoms with Crippen molar-refractivity contribution in [3.63, 3.8) is 0 Å². The van der Waals surface area contributed by atoms with E-state index in [0.717, 1.165) is 17.8 Å². The second-order valence-electron chi connectivity index (χ2n) is 4.30. The van der Waals surface area contributed by atoms with Gasteiger partial charge in [0.15, 0.2) is 0 Å². The molecule has 2 aromatic rings. The summed E-state index contributed by atoms with van der Waals surface area (Å²) < 4.78 is 37.0. The van der Waals surface area contributed by atoms with E-state index in [1.54, 1.807) is 12.1 Å². The summed E-state index contributed by atoms with van der Waals surface area (Å²) in [6.07, 6.45) is -4.83. The highest BCUT2D eigenvalue weighted by Crippen LogP contribution is 2.22. The van der Waals surface area contributed by atoms with Crippen LogP contribution in [0.15, 0.2) is 42.5 Å². The molecule has 5 heteroatoms. The fraction of sp³-hybridized carbons (Fsp3) is 0.214. The largest absolute Gasteiger partial charge is 0.471 e. The van der Waals surface area contributed by atoms with Crippen LogP contribution in [0.2, 0.25) is 0 Å². The third-order valence-electron chi connectivity index (χ3n) is 2.88. The number of carbonyl (C=O) groups excluding carboxylic acids is 1. The van der Waals surface area contributed by atoms with Gasteiger partial charge < -0.3 is 4.90 Å². The van der Waals surface area contributed by atoms with Gasteiger partial charge in [-0.2, -0.15) is 13.2 Å². The van der Waals surface area contributed by atoms with Crippen molar-refractivity contribution in [3.8, 4) is 0 Å². The third-order valence-corrected chi connectivity index (χ3v) is 2.88. The van der Waals surface area contributed by atoms with E-state index in [4.69, 9.17) is 0 Å². The molecule has 0 spiro atoms. The molecule has 0 aliphatic rings. The van der Waals surface area contributed by atoms with Gasteiger partial charge in [-0.1, -0.05) is 42.5 Å². The number of fused-ring (bicyclic) bond motifs is 1. The molecule has 0 atom stereocenters. The molecule has 1 amide bonds. The van der Waals surface area contributed by atoms with E-state index in [2.05, 4.69) is 0 Å². The molecule has 0 aliphatic carbocycles. The number of alkyl halides is 3. The maximum absolute atomic E-state index is 12.3. The summed E-state index contributed by atoms with van der Waals surface area (Å²) in [5.41, 5.74) is 0.693. The summed E-state index contributed by atoms with van der Waals surface area (Å²) in [5, 5.41) is 1.79. The van der Waals surface area contributed by atoms with Crippen LogP contribution in [0.1, 0.15) is 5.56 Å². The Labute approximate surface area is 108 Å². The van der Waals surface area contributed by atoms with E-state index in [0.29, 0.717) is 10.5 Å². The first-order valence-electron chi connectivity index (χ1n) is 5.68. The molecule has 0 fully saturated rings. The Balaban J connectivity index is 2.29. The first-order valence-corrected chi connectivity index (χ1v) is 5.68. The van der Waals surface area contributed by atoms with Crippen LogP contribution in [0.25, 0.3) is 10.8 Å². The van der Waals surface area contributed by atoms with Gasteiger partial charge in [0.1, 0.15) is 0 Å². The fourth-order valence-electron chi connectivity index (χ4n) is 1.97. The van der Waals surface area contributed by atoms with Crippen molar-refractivity contribution in [2.45, 2.75) is 12.7 Å². The number of carbonyl (C=O) groups is 1. The van der Waals surface area contributed by atoms with E-state index in [1.165, 1.54) is 0 Å². The summed E-state index contributed by atoms with van der Waals surface area (Å²) in [4.78, 5) is 11.8. The summed E-state index contributed by atoms with van der Waals surface area (Å²) >= 11 is 0. The summed E-state index contributed by atoms with van der Waals surface area (Å²) in [6.45, 7) is -0.0697. The lowest BCUT2D eigenvalue weighted by Crippen LogP contribution is -2.37. The molecular formula is C14H12F3NO. The number of nitrogens with zero attached hydrogens (tertiary/aromatic N) is 1. The number of benzene rings is 2. The van der Waals surface area contributed by atoms with Crippen molar-refractivity contribution in [2.75, 3.05) is 7.05 Å². The molecule has 0 radical (unpaired) electrons. The minimum Gasteiger partial charge on any atom is -0.334 e. The Morgan fingerprint density at radius 2 is 1.74 bits per heavy atom. The highest BCUT2D eigenvalue weighted by molar-refractivity contribution is 5.86. The van der Waals surface area contributed by atoms with Crippen LogP contribution in [-0.2, 0) is 11.3 Å². The van der Waals surface area contributed by atoms with E-state index in [1.807, 2.05) is 30.3 Å². The predicted octanol–water partition coefficient (Wildman–Crippen LogP) is 3.36. The van der Waals surface area contributed by atoms with Crippen LogP contribution in [-0.4, -0.2) is 24.0 Å². The van der Waals surface area contributed by atoms with Crippen LogP contribution < -0.4 is 0 Å². The standard InChI is InChI=1S/C14H12F3NO/c1-18(13(19)14(15,16)17)9-11-7-4-6-10-5-2-3-8-12(10)11/h2-8H,9H2,1H3. The lowest BCUT2D eigenvalue weighted by atomic mass is 10.0. The van der Waals surface area contributed by atoms with Crippen molar-refractivity contribution in [1.29, 1.82) is 0 Å². The van der Waals surface area contributed by atoms with Gasteiger partial charge in [-0.05, 0) is 16.3 Å². The minimum absolute atomic E-state index is 0.0697. The van der Waals surface area contributed by atoms with Gasteiger partial charge in [0.25, 0.3) is 0 Å². The molecule has 2 nitrogen and oxygen atoms in total. The van der Waals surface area contributed by atoms with Crippen LogP contribution in [0.3, 0.4) is 0 Å². The van der Waals surface area contributed by atoms with Crippen molar-refractivity contribution >= 4 is 16.7 Å². The quantitative estimate of drug-likeness (QED) is 0.817. The average Bonchev–Trinajstić information content (AvgIpc) is 2.37. The molecule has 0 aliphatic heterocycles. The average molecular weight is 267 g/mol. The van der Waals surface area contributed by atoms with Gasteiger partial charge in [0, 0.05) is 13.6 Å². The highest BCUT2D eigenvalue weighted by Gasteiger charge is 2.41. The van der Waals surface area contributed by atoms with Gasteiger partial charge in [-0.25, -0.2) is 0 Å². The Morgan fingerprint density at radius 1 is 1.11 bits per heavy atom. The maximum Gasteiger partial charge on any atom is 0.471 e. The first-order chi connectivity index (χ1) is 8.89. The van der Waals surface area contributed by atoms with Crippen molar-refractivity contribution < 1.29 is 18.0 Å². The Kier molecular flexibility index (Phi) is 3.46. The number of rotatable bonds is 2. The molecule has 100 valence electrons. The normalized spacial score (nSPS) is 11.6. The SMILES string of the molecule is CN(Cc1cccc2ccccc12)C(=O)C(F)(F)F. The molecule has 0 saturated heterocycles. The molecule has 0 aromatic heterocycles. The van der Waals surface area contributed by atoms with Gasteiger partial charge in [0.05, 0.1) is 0 Å². The summed E-state index contributed by atoms with van der Waals surface area (Å²) in [6, 6.07) is 12.8. The zero-order valence-electron chi connectivity index (χ0n) is 10.2. The Morgan fingerprint density at radius 3 is 2.42 bits per heavy atom. The number of hydrogen-bond acceptors (Lipinski definition) is 1. The monoisotopic (exact) mass is 267 g/mol. The molecule has 0 unspecified atom stereocenters.